The van der Waals surface area contributed by atoms with E-state index in [1.165, 1.54) is 31.9 Å². The van der Waals surface area contributed by atoms with Crippen molar-refractivity contribution < 1.29 is 24.2 Å². The van der Waals surface area contributed by atoms with Gasteiger partial charge < -0.3 is 25.3 Å². The summed E-state index contributed by atoms with van der Waals surface area (Å²) in [4.78, 5) is 58.9. The highest BCUT2D eigenvalue weighted by atomic mass is 16.5. The van der Waals surface area contributed by atoms with Crippen LogP contribution in [-0.2, 0) is 19.1 Å². The van der Waals surface area contributed by atoms with Crippen LogP contribution in [0, 0.1) is 13.8 Å². The van der Waals surface area contributed by atoms with Gasteiger partial charge in [-0.2, -0.15) is 4.98 Å². The van der Waals surface area contributed by atoms with Crippen molar-refractivity contribution in [3.8, 4) is 28.7 Å². The van der Waals surface area contributed by atoms with E-state index in [0.29, 0.717) is 11.1 Å². The first kappa shape index (κ1) is 31.7. The van der Waals surface area contributed by atoms with Crippen LogP contribution >= 0.6 is 0 Å². The summed E-state index contributed by atoms with van der Waals surface area (Å²) < 4.78 is 9.71. The molecule has 0 amide bonds. The minimum Gasteiger partial charge on any atom is -0.493 e. The number of aromatic nitrogens is 6. The average molecular weight is 608 g/mol. The highest BCUT2D eigenvalue weighted by Gasteiger charge is 2.31. The van der Waals surface area contributed by atoms with Gasteiger partial charge in [0.15, 0.2) is 23.4 Å². The van der Waals surface area contributed by atoms with Gasteiger partial charge in [-0.05, 0) is 37.1 Å². The Hall–Kier alpha value is -6.24. The van der Waals surface area contributed by atoms with Gasteiger partial charge in [0, 0.05) is 24.8 Å². The smallest absolute Gasteiger partial charge is 0.329 e. The number of carbonyl (C=O) groups is 2. The van der Waals surface area contributed by atoms with Crippen LogP contribution in [0.15, 0.2) is 96.5 Å². The quantitative estimate of drug-likeness (QED) is 0.139. The molecule has 0 saturated carbocycles. The Kier molecular flexibility index (Phi) is 10.4. The third kappa shape index (κ3) is 8.20. The molecular formula is C32H29N7O6. The second-order valence-corrected chi connectivity index (χ2v) is 9.50. The molecule has 3 aromatic heterocycles. The average Bonchev–Trinajstić information content (AvgIpc) is 3.06. The van der Waals surface area contributed by atoms with Crippen LogP contribution in [0.25, 0.3) is 28.5 Å². The van der Waals surface area contributed by atoms with Gasteiger partial charge in [-0.1, -0.05) is 59.7 Å². The van der Waals surface area contributed by atoms with Gasteiger partial charge in [-0.15, -0.1) is 0 Å². The zero-order valence-electron chi connectivity index (χ0n) is 24.5. The minimum absolute atomic E-state index is 0.0662. The SMILES string of the molecule is COC(=O)C(C(=O)O/C=C(\N)c1ncccn1)c1ccc(C)cc1.Cc1ccc(-c2c(O)nc(-c3ncccn3)[nH]c2=O)cc1. The van der Waals surface area contributed by atoms with Gasteiger partial charge >= 0.3 is 11.9 Å². The molecule has 2 aromatic carbocycles. The summed E-state index contributed by atoms with van der Waals surface area (Å²) >= 11 is 0. The number of hydrogen-bond acceptors (Lipinski definition) is 12. The molecule has 5 aromatic rings. The van der Waals surface area contributed by atoms with Crippen LogP contribution in [0.2, 0.25) is 0 Å². The number of nitrogens with one attached hydrogen (secondary N) is 1. The fourth-order valence-electron chi connectivity index (χ4n) is 3.90. The van der Waals surface area contributed by atoms with Gasteiger partial charge in [-0.3, -0.25) is 14.4 Å². The summed E-state index contributed by atoms with van der Waals surface area (Å²) in [6.07, 6.45) is 7.10. The molecular weight excluding hydrogens is 578 g/mol. The highest BCUT2D eigenvalue weighted by Crippen LogP contribution is 2.25. The Morgan fingerprint density at radius 1 is 0.867 bits per heavy atom. The fraction of sp³-hybridized carbons (Fsp3) is 0.125. The number of aryl methyl sites for hydroxylation is 2. The molecule has 0 aliphatic heterocycles. The molecule has 0 radical (unpaired) electrons. The predicted molar refractivity (Wildman–Crippen MR) is 164 cm³/mol. The molecule has 0 fully saturated rings. The molecule has 0 saturated heterocycles. The summed E-state index contributed by atoms with van der Waals surface area (Å²) in [5, 5.41) is 10.1. The maximum atomic E-state index is 12.3. The predicted octanol–water partition coefficient (Wildman–Crippen LogP) is 3.45. The number of hydrogen-bond donors (Lipinski definition) is 3. The van der Waals surface area contributed by atoms with Gasteiger partial charge in [0.05, 0.1) is 7.11 Å². The number of nitrogens with two attached hydrogens (primary N) is 1. The summed E-state index contributed by atoms with van der Waals surface area (Å²) in [6.45, 7) is 3.85. The fourth-order valence-corrected chi connectivity index (χ4v) is 3.90. The maximum absolute atomic E-state index is 12.3. The molecule has 0 aliphatic carbocycles. The Morgan fingerprint density at radius 3 is 1.98 bits per heavy atom. The van der Waals surface area contributed by atoms with Gasteiger partial charge in [-0.25, -0.2) is 19.9 Å². The molecule has 0 spiro atoms. The molecule has 0 bridgehead atoms. The number of methoxy groups -OCH3 is 1. The van der Waals surface area contributed by atoms with E-state index >= 15 is 0 Å². The largest absolute Gasteiger partial charge is 0.493 e. The number of rotatable bonds is 7. The second-order valence-electron chi connectivity index (χ2n) is 9.50. The lowest BCUT2D eigenvalue weighted by Crippen LogP contribution is -2.24. The normalized spacial score (nSPS) is 11.5. The van der Waals surface area contributed by atoms with Crippen molar-refractivity contribution in [3.63, 3.8) is 0 Å². The number of benzene rings is 2. The van der Waals surface area contributed by atoms with E-state index in [0.717, 1.165) is 17.4 Å². The standard InChI is InChI=1S/C17H17N3O4.C15H12N4O2/c1-11-4-6-12(7-5-11)14(16(21)23-2)17(22)24-10-13(18)15-19-8-3-9-20-15;1-9-3-5-10(6-4-9)11-14(20)18-13(19-15(11)21)12-16-7-2-8-17-12/h3-10,14H,18H2,1-2H3;2-8H,1H3,(H2,18,19,20,21)/b13-10-;. The first-order valence-electron chi connectivity index (χ1n) is 13.4. The molecule has 228 valence electrons. The number of nitrogens with zero attached hydrogens (tertiary/aromatic N) is 5. The van der Waals surface area contributed by atoms with E-state index in [1.54, 1.807) is 48.5 Å². The molecule has 13 nitrogen and oxygen atoms in total. The van der Waals surface area contributed by atoms with Crippen LogP contribution in [0.1, 0.15) is 28.4 Å². The number of aromatic amines is 1. The highest BCUT2D eigenvalue weighted by molar-refractivity contribution is 6.01. The Bertz CT molecular complexity index is 1840. The van der Waals surface area contributed by atoms with Crippen molar-refractivity contribution in [1.82, 2.24) is 29.9 Å². The molecule has 3 heterocycles. The lowest BCUT2D eigenvalue weighted by Gasteiger charge is -2.13. The summed E-state index contributed by atoms with van der Waals surface area (Å²) in [6, 6.07) is 17.5. The minimum atomic E-state index is -1.20. The number of aromatic hydroxyl groups is 1. The van der Waals surface area contributed by atoms with E-state index in [2.05, 4.69) is 29.9 Å². The van der Waals surface area contributed by atoms with E-state index < -0.39 is 23.4 Å². The molecule has 1 unspecified atom stereocenters. The Labute approximate surface area is 257 Å². The molecule has 45 heavy (non-hydrogen) atoms. The van der Waals surface area contributed by atoms with Crippen LogP contribution < -0.4 is 11.3 Å². The monoisotopic (exact) mass is 607 g/mol. The lowest BCUT2D eigenvalue weighted by molar-refractivity contribution is -0.152. The first-order chi connectivity index (χ1) is 21.7. The Morgan fingerprint density at radius 2 is 1.42 bits per heavy atom. The van der Waals surface area contributed by atoms with E-state index in [4.69, 9.17) is 15.2 Å². The summed E-state index contributed by atoms with van der Waals surface area (Å²) in [5.74, 6) is -2.46. The third-order valence-corrected chi connectivity index (χ3v) is 6.23. The zero-order chi connectivity index (χ0) is 32.3. The molecule has 1 atom stereocenters. The maximum Gasteiger partial charge on any atom is 0.329 e. The van der Waals surface area contributed by atoms with Crippen molar-refractivity contribution in [3.05, 3.63) is 125 Å². The third-order valence-electron chi connectivity index (χ3n) is 6.23. The van der Waals surface area contributed by atoms with Crippen molar-refractivity contribution >= 4 is 17.6 Å². The van der Waals surface area contributed by atoms with Crippen LogP contribution in [0.4, 0.5) is 0 Å². The zero-order valence-corrected chi connectivity index (χ0v) is 24.5. The summed E-state index contributed by atoms with van der Waals surface area (Å²) in [5.41, 5.74) is 8.66. The van der Waals surface area contributed by atoms with Crippen molar-refractivity contribution in [1.29, 1.82) is 0 Å². The number of H-pyrrole nitrogens is 1. The lowest BCUT2D eigenvalue weighted by atomic mass is 9.98. The number of carbonyl (C=O) groups excluding carboxylic acids is 2. The number of ether oxygens (including phenoxy) is 2. The van der Waals surface area contributed by atoms with E-state index in [1.807, 2.05) is 26.0 Å². The number of esters is 2. The molecule has 4 N–H and O–H groups in total. The van der Waals surface area contributed by atoms with E-state index in [9.17, 15) is 19.5 Å². The summed E-state index contributed by atoms with van der Waals surface area (Å²) in [7, 11) is 1.21. The van der Waals surface area contributed by atoms with Crippen molar-refractivity contribution in [2.75, 3.05) is 7.11 Å². The van der Waals surface area contributed by atoms with Crippen molar-refractivity contribution in [2.45, 2.75) is 19.8 Å². The first-order valence-corrected chi connectivity index (χ1v) is 13.4. The van der Waals surface area contributed by atoms with E-state index in [-0.39, 0.29) is 34.6 Å². The topological polar surface area (TPSA) is 196 Å². The van der Waals surface area contributed by atoms with Crippen molar-refractivity contribution in [2.24, 2.45) is 5.73 Å². The van der Waals surface area contributed by atoms with Crippen LogP contribution in [-0.4, -0.2) is 54.1 Å². The molecule has 0 aliphatic rings. The Balaban J connectivity index is 0.000000206. The van der Waals surface area contributed by atoms with Gasteiger partial charge in [0.25, 0.3) is 5.56 Å². The molecule has 13 heteroatoms. The van der Waals surface area contributed by atoms with Gasteiger partial charge in [0.2, 0.25) is 5.88 Å². The van der Waals surface area contributed by atoms with Crippen LogP contribution in [0.5, 0.6) is 5.88 Å². The second kappa shape index (κ2) is 14.8. The van der Waals surface area contributed by atoms with Crippen LogP contribution in [0.3, 0.4) is 0 Å². The molecule has 5 rings (SSSR count). The van der Waals surface area contributed by atoms with Gasteiger partial charge in [0.1, 0.15) is 17.5 Å².